The summed E-state index contributed by atoms with van der Waals surface area (Å²) in [4.78, 5) is 21.9. The molecule has 1 aromatic rings. The van der Waals surface area contributed by atoms with Crippen LogP contribution >= 0.6 is 0 Å². The van der Waals surface area contributed by atoms with E-state index in [0.29, 0.717) is 18.9 Å². The molecular formula is C13H15F3N2O3. The van der Waals surface area contributed by atoms with Gasteiger partial charge in [0.25, 0.3) is 0 Å². The summed E-state index contributed by atoms with van der Waals surface area (Å²) in [6, 6.07) is 0.465. The van der Waals surface area contributed by atoms with E-state index in [2.05, 4.69) is 10.6 Å². The summed E-state index contributed by atoms with van der Waals surface area (Å²) in [7, 11) is 0. The van der Waals surface area contributed by atoms with Crippen LogP contribution in [0.1, 0.15) is 26.2 Å². The summed E-state index contributed by atoms with van der Waals surface area (Å²) >= 11 is 0. The first-order valence-corrected chi connectivity index (χ1v) is 6.24. The normalized spacial score (nSPS) is 11.8. The van der Waals surface area contributed by atoms with Gasteiger partial charge in [-0.25, -0.2) is 18.0 Å². The molecule has 0 fully saturated rings. The molecule has 0 saturated carbocycles. The van der Waals surface area contributed by atoms with Gasteiger partial charge in [-0.1, -0.05) is 0 Å². The average Bonchev–Trinajstić information content (AvgIpc) is 2.39. The highest BCUT2D eigenvalue weighted by Gasteiger charge is 2.16. The minimum atomic E-state index is -1.66. The van der Waals surface area contributed by atoms with Crippen LogP contribution in [0.5, 0.6) is 0 Å². The van der Waals surface area contributed by atoms with Crippen molar-refractivity contribution < 1.29 is 27.9 Å². The van der Waals surface area contributed by atoms with E-state index in [-0.39, 0.29) is 12.5 Å². The second-order valence-electron chi connectivity index (χ2n) is 4.51. The number of rotatable bonds is 6. The maximum atomic E-state index is 13.3. The van der Waals surface area contributed by atoms with Crippen LogP contribution in [0.15, 0.2) is 12.1 Å². The van der Waals surface area contributed by atoms with Crippen LogP contribution in [-0.2, 0) is 4.79 Å². The Kier molecular flexibility index (Phi) is 6.01. The zero-order valence-electron chi connectivity index (χ0n) is 11.3. The molecule has 5 nitrogen and oxygen atoms in total. The zero-order chi connectivity index (χ0) is 16.0. The van der Waals surface area contributed by atoms with E-state index >= 15 is 0 Å². The summed E-state index contributed by atoms with van der Waals surface area (Å²) in [6.45, 7) is 1.64. The Hall–Kier alpha value is -2.25. The molecular weight excluding hydrogens is 289 g/mol. The van der Waals surface area contributed by atoms with E-state index in [0.717, 1.165) is 6.07 Å². The molecule has 0 bridgehead atoms. The second-order valence-corrected chi connectivity index (χ2v) is 4.51. The Labute approximate surface area is 119 Å². The van der Waals surface area contributed by atoms with E-state index in [1.54, 1.807) is 6.92 Å². The summed E-state index contributed by atoms with van der Waals surface area (Å²) in [5.74, 6) is -5.43. The molecule has 1 atom stereocenters. The van der Waals surface area contributed by atoms with Gasteiger partial charge in [0.05, 0.1) is 5.69 Å². The number of aliphatic carboxylic acids is 1. The van der Waals surface area contributed by atoms with Crippen molar-refractivity contribution in [1.82, 2.24) is 5.32 Å². The van der Waals surface area contributed by atoms with E-state index in [4.69, 9.17) is 5.11 Å². The number of urea groups is 1. The lowest BCUT2D eigenvalue weighted by molar-refractivity contribution is -0.137. The van der Waals surface area contributed by atoms with Crippen LogP contribution in [0.4, 0.5) is 23.7 Å². The van der Waals surface area contributed by atoms with E-state index in [1.807, 2.05) is 0 Å². The zero-order valence-corrected chi connectivity index (χ0v) is 11.3. The molecule has 0 spiro atoms. The maximum Gasteiger partial charge on any atom is 0.319 e. The van der Waals surface area contributed by atoms with Crippen molar-refractivity contribution >= 4 is 17.7 Å². The molecule has 3 N–H and O–H groups in total. The van der Waals surface area contributed by atoms with Crippen LogP contribution in [0.25, 0.3) is 0 Å². The SMILES string of the molecule is CC(CCCC(=O)O)NC(=O)Nc1ccc(F)c(F)c1F. The van der Waals surface area contributed by atoms with Crippen molar-refractivity contribution in [3.05, 3.63) is 29.6 Å². The quantitative estimate of drug-likeness (QED) is 0.707. The first kappa shape index (κ1) is 16.8. The monoisotopic (exact) mass is 304 g/mol. The third-order valence-corrected chi connectivity index (χ3v) is 2.69. The number of carbonyl (C=O) groups excluding carboxylic acids is 1. The van der Waals surface area contributed by atoms with Gasteiger partial charge in [0.1, 0.15) is 0 Å². The van der Waals surface area contributed by atoms with Gasteiger partial charge < -0.3 is 15.7 Å². The van der Waals surface area contributed by atoms with Gasteiger partial charge in [0.2, 0.25) is 0 Å². The molecule has 0 aliphatic carbocycles. The van der Waals surface area contributed by atoms with Gasteiger partial charge >= 0.3 is 12.0 Å². The second kappa shape index (κ2) is 7.51. The Morgan fingerprint density at radius 1 is 1.24 bits per heavy atom. The molecule has 1 rings (SSSR count). The number of halogens is 3. The molecule has 0 heterocycles. The number of anilines is 1. The van der Waals surface area contributed by atoms with E-state index in [1.165, 1.54) is 0 Å². The minimum absolute atomic E-state index is 0.0224. The van der Waals surface area contributed by atoms with Crippen molar-refractivity contribution in [1.29, 1.82) is 0 Å². The van der Waals surface area contributed by atoms with Crippen LogP contribution in [0.2, 0.25) is 0 Å². The van der Waals surface area contributed by atoms with Gasteiger partial charge in [-0.3, -0.25) is 4.79 Å². The third kappa shape index (κ3) is 5.33. The molecule has 0 aromatic heterocycles. The summed E-state index contributed by atoms with van der Waals surface area (Å²) in [5.41, 5.74) is -0.482. The van der Waals surface area contributed by atoms with Crippen LogP contribution < -0.4 is 10.6 Å². The molecule has 21 heavy (non-hydrogen) atoms. The third-order valence-electron chi connectivity index (χ3n) is 2.69. The van der Waals surface area contributed by atoms with Gasteiger partial charge in [0.15, 0.2) is 17.5 Å². The van der Waals surface area contributed by atoms with Crippen molar-refractivity contribution in [3.63, 3.8) is 0 Å². The van der Waals surface area contributed by atoms with E-state index in [9.17, 15) is 22.8 Å². The Morgan fingerprint density at radius 2 is 1.90 bits per heavy atom. The number of benzene rings is 1. The average molecular weight is 304 g/mol. The Morgan fingerprint density at radius 3 is 2.52 bits per heavy atom. The fourth-order valence-electron chi connectivity index (χ4n) is 1.64. The highest BCUT2D eigenvalue weighted by molar-refractivity contribution is 5.89. The lowest BCUT2D eigenvalue weighted by atomic mass is 10.1. The van der Waals surface area contributed by atoms with Crippen LogP contribution in [0.3, 0.4) is 0 Å². The predicted octanol–water partition coefficient (Wildman–Crippen LogP) is 2.87. The number of hydrogen-bond acceptors (Lipinski definition) is 2. The minimum Gasteiger partial charge on any atom is -0.481 e. The lowest BCUT2D eigenvalue weighted by Crippen LogP contribution is -2.36. The van der Waals surface area contributed by atoms with Crippen molar-refractivity contribution in [2.24, 2.45) is 0 Å². The summed E-state index contributed by atoms with van der Waals surface area (Å²) < 4.78 is 39.0. The highest BCUT2D eigenvalue weighted by atomic mass is 19.2. The summed E-state index contributed by atoms with van der Waals surface area (Å²) in [5, 5.41) is 13.0. The highest BCUT2D eigenvalue weighted by Crippen LogP contribution is 2.19. The molecule has 8 heteroatoms. The molecule has 1 aromatic carbocycles. The number of carbonyl (C=O) groups is 2. The fraction of sp³-hybridized carbons (Fsp3) is 0.385. The molecule has 0 saturated heterocycles. The number of nitrogens with one attached hydrogen (secondary N) is 2. The molecule has 0 radical (unpaired) electrons. The molecule has 116 valence electrons. The van der Waals surface area contributed by atoms with Gasteiger partial charge in [-0.05, 0) is 31.9 Å². The predicted molar refractivity (Wildman–Crippen MR) is 69.4 cm³/mol. The van der Waals surface area contributed by atoms with Gasteiger partial charge in [0, 0.05) is 12.5 Å². The first-order valence-electron chi connectivity index (χ1n) is 6.24. The smallest absolute Gasteiger partial charge is 0.319 e. The Balaban J connectivity index is 2.50. The number of amides is 2. The maximum absolute atomic E-state index is 13.3. The Bertz CT molecular complexity index is 538. The largest absolute Gasteiger partial charge is 0.481 e. The van der Waals surface area contributed by atoms with Gasteiger partial charge in [-0.15, -0.1) is 0 Å². The standard InChI is InChI=1S/C13H15F3N2O3/c1-7(3-2-4-10(19)20)17-13(21)18-9-6-5-8(14)11(15)12(9)16/h5-7H,2-4H2,1H3,(H,19,20)(H2,17,18,21). The van der Waals surface area contributed by atoms with Crippen molar-refractivity contribution in [2.45, 2.75) is 32.2 Å². The molecule has 0 aliphatic rings. The molecule has 2 amide bonds. The van der Waals surface area contributed by atoms with Crippen molar-refractivity contribution in [3.8, 4) is 0 Å². The number of carboxylic acids is 1. The number of hydrogen-bond donors (Lipinski definition) is 3. The fourth-order valence-corrected chi connectivity index (χ4v) is 1.64. The summed E-state index contributed by atoms with van der Waals surface area (Å²) in [6.07, 6.45) is 0.766. The van der Waals surface area contributed by atoms with Crippen LogP contribution in [-0.4, -0.2) is 23.1 Å². The first-order chi connectivity index (χ1) is 9.81. The topological polar surface area (TPSA) is 78.4 Å². The van der Waals surface area contributed by atoms with E-state index < -0.39 is 35.1 Å². The van der Waals surface area contributed by atoms with Crippen molar-refractivity contribution in [2.75, 3.05) is 5.32 Å². The van der Waals surface area contributed by atoms with Gasteiger partial charge in [-0.2, -0.15) is 0 Å². The van der Waals surface area contributed by atoms with Crippen LogP contribution in [0, 0.1) is 17.5 Å². The molecule has 0 aliphatic heterocycles. The molecule has 1 unspecified atom stereocenters. The number of carboxylic acid groups (broad SMARTS) is 1. The lowest BCUT2D eigenvalue weighted by Gasteiger charge is -2.14.